The second-order valence-corrected chi connectivity index (χ2v) is 7.63. The Labute approximate surface area is 162 Å². The number of carbonyl (C=O) groups excluding carboxylic acids is 1. The number of pyridine rings is 2. The van der Waals surface area contributed by atoms with E-state index in [4.69, 9.17) is 4.98 Å². The van der Waals surface area contributed by atoms with Crippen molar-refractivity contribution in [3.05, 3.63) is 59.1 Å². The van der Waals surface area contributed by atoms with E-state index in [0.29, 0.717) is 0 Å². The Kier molecular flexibility index (Phi) is 5.13. The van der Waals surface area contributed by atoms with E-state index in [9.17, 15) is 4.79 Å². The summed E-state index contributed by atoms with van der Waals surface area (Å²) < 4.78 is 0. The molecule has 0 spiro atoms. The molecule has 1 saturated heterocycles. The summed E-state index contributed by atoms with van der Waals surface area (Å²) in [5.74, 6) is 1.54. The van der Waals surface area contributed by atoms with Crippen molar-refractivity contribution in [1.29, 1.82) is 0 Å². The Bertz CT molecular complexity index is 941. The van der Waals surface area contributed by atoms with Crippen molar-refractivity contribution in [3.63, 3.8) is 0 Å². The lowest BCUT2D eigenvalue weighted by molar-refractivity contribution is -0.121. The average Bonchev–Trinajstić information content (AvgIpc) is 3.18. The first kappa shape index (κ1) is 17.6. The molecule has 0 aromatic carbocycles. The van der Waals surface area contributed by atoms with Crippen molar-refractivity contribution in [2.75, 3.05) is 25.0 Å². The summed E-state index contributed by atoms with van der Waals surface area (Å²) in [6.45, 7) is 4.40. The fourth-order valence-corrected chi connectivity index (χ4v) is 4.26. The van der Waals surface area contributed by atoms with Gasteiger partial charge < -0.3 is 15.5 Å². The second kappa shape index (κ2) is 7.85. The fourth-order valence-electron chi connectivity index (χ4n) is 3.16. The zero-order chi connectivity index (χ0) is 18.6. The molecule has 4 rings (SSSR count). The molecule has 1 unspecified atom stereocenters. The van der Waals surface area contributed by atoms with Crippen LogP contribution in [-0.2, 0) is 4.79 Å². The minimum Gasteiger partial charge on any atom is -0.335 e. The molecule has 1 aliphatic rings. The van der Waals surface area contributed by atoms with Crippen LogP contribution in [0.25, 0.3) is 10.6 Å². The quantitative estimate of drug-likeness (QED) is 0.665. The van der Waals surface area contributed by atoms with E-state index in [-0.39, 0.29) is 6.04 Å². The summed E-state index contributed by atoms with van der Waals surface area (Å²) in [7, 11) is 0. The predicted molar refractivity (Wildman–Crippen MR) is 108 cm³/mol. The highest BCUT2D eigenvalue weighted by Gasteiger charge is 2.24. The van der Waals surface area contributed by atoms with Crippen LogP contribution in [0.15, 0.2) is 48.7 Å². The third kappa shape index (κ3) is 3.99. The van der Waals surface area contributed by atoms with Gasteiger partial charge in [-0.15, -0.1) is 11.3 Å². The largest absolute Gasteiger partial charge is 0.335 e. The van der Waals surface area contributed by atoms with E-state index in [1.165, 1.54) is 4.88 Å². The molecule has 27 heavy (non-hydrogen) atoms. The number of piperazine rings is 1. The highest BCUT2D eigenvalue weighted by atomic mass is 32.1. The summed E-state index contributed by atoms with van der Waals surface area (Å²) in [6.07, 6.45) is 2.73. The van der Waals surface area contributed by atoms with Gasteiger partial charge in [-0.05, 0) is 48.9 Å². The second-order valence-electron chi connectivity index (χ2n) is 6.52. The minimum atomic E-state index is 0.0906. The number of carbonyl (C=O) groups is 1. The molecule has 2 N–H and O–H groups in total. The lowest BCUT2D eigenvalue weighted by atomic mass is 10.1. The van der Waals surface area contributed by atoms with E-state index in [2.05, 4.69) is 27.8 Å². The highest BCUT2D eigenvalue weighted by Crippen LogP contribution is 2.33. The standard InChI is InChI=1S/C20H21N5OS/c1-14-7-8-22-20(11-14)24-19-4-2-3-15(23-19)17-5-6-18(27-17)16-12-21-9-10-25(16)13-26/h2-8,11,13,16,21H,9-10,12H2,1H3,(H,22,23,24). The van der Waals surface area contributed by atoms with Gasteiger partial charge in [0.05, 0.1) is 16.6 Å². The van der Waals surface area contributed by atoms with Crippen molar-refractivity contribution < 1.29 is 4.79 Å². The molecular formula is C20H21N5OS. The van der Waals surface area contributed by atoms with E-state index >= 15 is 0 Å². The fraction of sp³-hybridized carbons (Fsp3) is 0.250. The Hall–Kier alpha value is -2.77. The van der Waals surface area contributed by atoms with Crippen molar-refractivity contribution >= 4 is 29.4 Å². The number of anilines is 2. The number of rotatable bonds is 5. The molecule has 0 radical (unpaired) electrons. The monoisotopic (exact) mass is 379 g/mol. The van der Waals surface area contributed by atoms with Crippen LogP contribution in [0.4, 0.5) is 11.6 Å². The third-order valence-corrected chi connectivity index (χ3v) is 5.76. The molecule has 1 atom stereocenters. The predicted octanol–water partition coefficient (Wildman–Crippen LogP) is 3.36. The van der Waals surface area contributed by atoms with Gasteiger partial charge in [-0.3, -0.25) is 4.79 Å². The van der Waals surface area contributed by atoms with Gasteiger partial charge in [-0.1, -0.05) is 6.07 Å². The topological polar surface area (TPSA) is 70.2 Å². The minimum absolute atomic E-state index is 0.0906. The van der Waals surface area contributed by atoms with Gasteiger partial charge in [-0.25, -0.2) is 9.97 Å². The maximum absolute atomic E-state index is 11.3. The molecule has 0 saturated carbocycles. The summed E-state index contributed by atoms with van der Waals surface area (Å²) in [5, 5.41) is 6.62. The van der Waals surface area contributed by atoms with Crippen LogP contribution in [0.5, 0.6) is 0 Å². The molecule has 138 valence electrons. The SMILES string of the molecule is Cc1ccnc(Nc2cccc(-c3ccc(C4CNCCN4C=O)s3)n2)c1. The molecule has 4 heterocycles. The first-order chi connectivity index (χ1) is 13.2. The molecule has 3 aromatic rings. The maximum Gasteiger partial charge on any atom is 0.210 e. The Balaban J connectivity index is 1.55. The van der Waals surface area contributed by atoms with Gasteiger partial charge in [-0.2, -0.15) is 0 Å². The van der Waals surface area contributed by atoms with Crippen LogP contribution in [-0.4, -0.2) is 40.9 Å². The Morgan fingerprint density at radius 1 is 1.26 bits per heavy atom. The number of aryl methyl sites for hydroxylation is 1. The lowest BCUT2D eigenvalue weighted by Gasteiger charge is -2.32. The van der Waals surface area contributed by atoms with E-state index < -0.39 is 0 Å². The van der Waals surface area contributed by atoms with Crippen LogP contribution in [0, 0.1) is 6.92 Å². The number of nitrogens with zero attached hydrogens (tertiary/aromatic N) is 3. The van der Waals surface area contributed by atoms with Gasteiger partial charge in [0.25, 0.3) is 0 Å². The maximum atomic E-state index is 11.3. The number of hydrogen-bond acceptors (Lipinski definition) is 6. The summed E-state index contributed by atoms with van der Waals surface area (Å²) in [6, 6.07) is 14.1. The number of nitrogens with one attached hydrogen (secondary N) is 2. The van der Waals surface area contributed by atoms with Crippen molar-refractivity contribution in [2.45, 2.75) is 13.0 Å². The highest BCUT2D eigenvalue weighted by molar-refractivity contribution is 7.15. The number of thiophene rings is 1. The summed E-state index contributed by atoms with van der Waals surface area (Å²) in [5.41, 5.74) is 2.05. The van der Waals surface area contributed by atoms with Gasteiger partial charge in [0, 0.05) is 30.7 Å². The summed E-state index contributed by atoms with van der Waals surface area (Å²) >= 11 is 1.68. The van der Waals surface area contributed by atoms with Crippen LogP contribution < -0.4 is 10.6 Å². The molecule has 1 amide bonds. The number of amides is 1. The molecule has 1 fully saturated rings. The lowest BCUT2D eigenvalue weighted by Crippen LogP contribution is -2.44. The van der Waals surface area contributed by atoms with Crippen molar-refractivity contribution in [1.82, 2.24) is 20.2 Å². The van der Waals surface area contributed by atoms with E-state index in [1.807, 2.05) is 42.2 Å². The number of hydrogen-bond donors (Lipinski definition) is 2. The zero-order valence-corrected chi connectivity index (χ0v) is 15.9. The van der Waals surface area contributed by atoms with E-state index in [1.54, 1.807) is 17.5 Å². The van der Waals surface area contributed by atoms with Gasteiger partial charge in [0.15, 0.2) is 0 Å². The van der Waals surface area contributed by atoms with Crippen LogP contribution >= 0.6 is 11.3 Å². The Morgan fingerprint density at radius 2 is 2.19 bits per heavy atom. The zero-order valence-electron chi connectivity index (χ0n) is 15.1. The molecule has 6 nitrogen and oxygen atoms in total. The molecule has 0 bridgehead atoms. The molecule has 0 aliphatic carbocycles. The van der Waals surface area contributed by atoms with E-state index in [0.717, 1.165) is 53.8 Å². The molecule has 7 heteroatoms. The average molecular weight is 379 g/mol. The molecule has 3 aromatic heterocycles. The van der Waals surface area contributed by atoms with Gasteiger partial charge >= 0.3 is 0 Å². The van der Waals surface area contributed by atoms with Gasteiger partial charge in [0.2, 0.25) is 6.41 Å². The molecule has 1 aliphatic heterocycles. The van der Waals surface area contributed by atoms with Crippen LogP contribution in [0.2, 0.25) is 0 Å². The van der Waals surface area contributed by atoms with Crippen LogP contribution in [0.1, 0.15) is 16.5 Å². The van der Waals surface area contributed by atoms with Crippen LogP contribution in [0.3, 0.4) is 0 Å². The van der Waals surface area contributed by atoms with Crippen molar-refractivity contribution in [3.8, 4) is 10.6 Å². The van der Waals surface area contributed by atoms with Gasteiger partial charge in [0.1, 0.15) is 11.6 Å². The summed E-state index contributed by atoms with van der Waals surface area (Å²) in [4.78, 5) is 24.5. The number of aromatic nitrogens is 2. The third-order valence-electron chi connectivity index (χ3n) is 4.55. The molecular weight excluding hydrogens is 358 g/mol. The first-order valence-corrected chi connectivity index (χ1v) is 9.73. The Morgan fingerprint density at radius 3 is 3.04 bits per heavy atom. The first-order valence-electron chi connectivity index (χ1n) is 8.91. The smallest absolute Gasteiger partial charge is 0.210 e. The van der Waals surface area contributed by atoms with Crippen molar-refractivity contribution in [2.24, 2.45) is 0 Å². The normalized spacial score (nSPS) is 16.9.